The molecule has 0 spiro atoms. The van der Waals surface area contributed by atoms with Gasteiger partial charge < -0.3 is 10.5 Å². The van der Waals surface area contributed by atoms with Crippen LogP contribution in [0.3, 0.4) is 0 Å². The van der Waals surface area contributed by atoms with Crippen LogP contribution in [0, 0.1) is 40.4 Å². The summed E-state index contributed by atoms with van der Waals surface area (Å²) in [7, 11) is 0. The van der Waals surface area contributed by atoms with Gasteiger partial charge in [0.05, 0.1) is 5.92 Å². The molecule has 0 amide bonds. The van der Waals surface area contributed by atoms with E-state index >= 15 is 0 Å². The molecule has 0 aliphatic heterocycles. The van der Waals surface area contributed by atoms with Crippen LogP contribution in [0.4, 0.5) is 0 Å². The quantitative estimate of drug-likeness (QED) is 0.749. The van der Waals surface area contributed by atoms with Crippen molar-refractivity contribution in [1.82, 2.24) is 0 Å². The number of nitrogens with two attached hydrogens (primary N) is 1. The molecule has 2 unspecified atom stereocenters. The highest BCUT2D eigenvalue weighted by Gasteiger charge is 2.62. The number of hydrogen-bond acceptors (Lipinski definition) is 5. The van der Waals surface area contributed by atoms with Crippen LogP contribution in [0.1, 0.15) is 72.1 Å². The molecule has 0 bridgehead atoms. The van der Waals surface area contributed by atoms with Gasteiger partial charge in [0.1, 0.15) is 17.7 Å². The van der Waals surface area contributed by atoms with E-state index < -0.39 is 0 Å². The summed E-state index contributed by atoms with van der Waals surface area (Å²) in [6.45, 7) is 6.52. The zero-order chi connectivity index (χ0) is 20.3. The van der Waals surface area contributed by atoms with Crippen LogP contribution >= 0.6 is 0 Å². The first-order valence-corrected chi connectivity index (χ1v) is 11.2. The van der Waals surface area contributed by atoms with E-state index in [0.717, 1.165) is 32.1 Å². The van der Waals surface area contributed by atoms with Crippen LogP contribution in [0.25, 0.3) is 0 Å². The number of carbonyl (C=O) groups excluding carboxylic acids is 3. The fourth-order valence-electron chi connectivity index (χ4n) is 7.26. The molecule has 28 heavy (non-hydrogen) atoms. The molecule has 2 N–H and O–H groups in total. The summed E-state index contributed by atoms with van der Waals surface area (Å²) in [5.74, 6) is 1.44. The second-order valence-corrected chi connectivity index (χ2v) is 10.5. The van der Waals surface area contributed by atoms with Crippen LogP contribution in [0.2, 0.25) is 0 Å². The van der Waals surface area contributed by atoms with E-state index in [4.69, 9.17) is 10.5 Å². The molecule has 4 rings (SSSR count). The minimum atomic E-state index is -0.296. The van der Waals surface area contributed by atoms with Gasteiger partial charge in [-0.1, -0.05) is 20.8 Å². The Hall–Kier alpha value is -1.23. The highest BCUT2D eigenvalue weighted by Crippen LogP contribution is 2.64. The third kappa shape index (κ3) is 2.88. The van der Waals surface area contributed by atoms with Gasteiger partial charge in [-0.05, 0) is 61.7 Å². The van der Waals surface area contributed by atoms with Crippen molar-refractivity contribution in [2.45, 2.75) is 78.2 Å². The van der Waals surface area contributed by atoms with Gasteiger partial charge in [0.2, 0.25) is 0 Å². The van der Waals surface area contributed by atoms with Crippen LogP contribution in [-0.4, -0.2) is 30.2 Å². The normalized spacial score (nSPS) is 46.4. The number of Topliss-reactive ketones (excluding diaryl/α,β-unsaturated/α-hetero) is 2. The summed E-state index contributed by atoms with van der Waals surface area (Å²) < 4.78 is 5.71. The average Bonchev–Trinajstić information content (AvgIpc) is 2.97. The molecule has 156 valence electrons. The van der Waals surface area contributed by atoms with Crippen LogP contribution < -0.4 is 5.73 Å². The minimum Gasteiger partial charge on any atom is -0.462 e. The topological polar surface area (TPSA) is 86.5 Å². The molecule has 4 fully saturated rings. The Labute approximate surface area is 168 Å². The molecule has 4 aliphatic carbocycles. The number of fused-ring (bicyclic) bond motifs is 5. The lowest BCUT2D eigenvalue weighted by molar-refractivity contribution is -0.171. The van der Waals surface area contributed by atoms with E-state index in [1.807, 2.05) is 0 Å². The molecule has 0 aromatic heterocycles. The first-order chi connectivity index (χ1) is 13.2. The lowest BCUT2D eigenvalue weighted by atomic mass is 9.45. The van der Waals surface area contributed by atoms with Gasteiger partial charge >= 0.3 is 5.97 Å². The average molecular weight is 390 g/mol. The predicted molar refractivity (Wildman–Crippen MR) is 105 cm³/mol. The Balaban J connectivity index is 1.52. The molecule has 4 saturated carbocycles. The number of ether oxygens (including phenoxy) is 1. The van der Waals surface area contributed by atoms with Gasteiger partial charge in [0.15, 0.2) is 0 Å². The van der Waals surface area contributed by atoms with Crippen molar-refractivity contribution >= 4 is 17.5 Å². The largest absolute Gasteiger partial charge is 0.462 e. The Bertz CT molecular complexity index is 690. The smallest absolute Gasteiger partial charge is 0.310 e. The fourth-order valence-corrected chi connectivity index (χ4v) is 7.26. The monoisotopic (exact) mass is 389 g/mol. The second kappa shape index (κ2) is 6.93. The molecule has 0 radical (unpaired) electrons. The summed E-state index contributed by atoms with van der Waals surface area (Å²) in [4.78, 5) is 37.9. The van der Waals surface area contributed by atoms with Gasteiger partial charge in [-0.3, -0.25) is 14.4 Å². The molecular formula is C23H35NO4. The van der Waals surface area contributed by atoms with Crippen molar-refractivity contribution in [1.29, 1.82) is 0 Å². The number of hydrogen-bond donors (Lipinski definition) is 1. The standard InChI is InChI=1S/C23H35NO4/c1-13(12-24)21(27)28-14-6-8-22(2)17-7-9-23(3)16(4-5-20(23)26)15(17)11-19(25)18(22)10-14/h13-18H,4-12,24H2,1-3H3/t13?,14-,15-,16-,17-,18?,22+,23-/m0/s1. The Morgan fingerprint density at radius 2 is 1.93 bits per heavy atom. The summed E-state index contributed by atoms with van der Waals surface area (Å²) in [6.07, 6.45) is 6.53. The Morgan fingerprint density at radius 1 is 1.18 bits per heavy atom. The van der Waals surface area contributed by atoms with E-state index in [0.29, 0.717) is 48.6 Å². The lowest BCUT2D eigenvalue weighted by Gasteiger charge is -2.59. The van der Waals surface area contributed by atoms with Crippen molar-refractivity contribution in [3.05, 3.63) is 0 Å². The van der Waals surface area contributed by atoms with Crippen molar-refractivity contribution in [3.63, 3.8) is 0 Å². The number of esters is 1. The summed E-state index contributed by atoms with van der Waals surface area (Å²) in [6, 6.07) is 0. The number of ketones is 2. The maximum absolute atomic E-state index is 13.2. The first-order valence-electron chi connectivity index (χ1n) is 11.2. The number of rotatable bonds is 3. The third-order valence-electron chi connectivity index (χ3n) is 9.16. The van der Waals surface area contributed by atoms with E-state index in [1.165, 1.54) is 0 Å². The minimum absolute atomic E-state index is 0.0185. The molecule has 0 aromatic rings. The maximum atomic E-state index is 13.2. The van der Waals surface area contributed by atoms with Crippen molar-refractivity contribution in [3.8, 4) is 0 Å². The molecule has 8 atom stereocenters. The molecule has 4 aliphatic rings. The van der Waals surface area contributed by atoms with Gasteiger partial charge in [-0.25, -0.2) is 0 Å². The van der Waals surface area contributed by atoms with Gasteiger partial charge in [-0.2, -0.15) is 0 Å². The molecular weight excluding hydrogens is 354 g/mol. The van der Waals surface area contributed by atoms with Crippen LogP contribution in [0.15, 0.2) is 0 Å². The van der Waals surface area contributed by atoms with E-state index in [-0.39, 0.29) is 41.3 Å². The molecule has 5 nitrogen and oxygen atoms in total. The first kappa shape index (κ1) is 20.1. The zero-order valence-corrected chi connectivity index (χ0v) is 17.5. The Morgan fingerprint density at radius 3 is 2.64 bits per heavy atom. The third-order valence-corrected chi connectivity index (χ3v) is 9.16. The van der Waals surface area contributed by atoms with Gasteiger partial charge in [0, 0.05) is 30.7 Å². The number of carbonyl (C=O) groups is 3. The van der Waals surface area contributed by atoms with Crippen molar-refractivity contribution in [2.24, 2.45) is 46.2 Å². The highest BCUT2D eigenvalue weighted by molar-refractivity contribution is 5.88. The molecule has 0 saturated heterocycles. The van der Waals surface area contributed by atoms with E-state index in [9.17, 15) is 14.4 Å². The SMILES string of the molecule is CC(CN)C(=O)O[C@H]1CC[C@@]2(C)C(C1)C(=O)C[C@@H]1[C@@H]2CC[C@]2(C)C(=O)CC[C@@H]12. The van der Waals surface area contributed by atoms with Gasteiger partial charge in [-0.15, -0.1) is 0 Å². The van der Waals surface area contributed by atoms with Crippen LogP contribution in [0.5, 0.6) is 0 Å². The molecule has 5 heteroatoms. The molecule has 0 aromatic carbocycles. The second-order valence-electron chi connectivity index (χ2n) is 10.5. The zero-order valence-electron chi connectivity index (χ0n) is 17.5. The Kier molecular flexibility index (Phi) is 4.96. The van der Waals surface area contributed by atoms with E-state index in [1.54, 1.807) is 6.92 Å². The summed E-state index contributed by atoms with van der Waals surface area (Å²) in [5, 5.41) is 0. The fraction of sp³-hybridized carbons (Fsp3) is 0.870. The van der Waals surface area contributed by atoms with Crippen molar-refractivity contribution in [2.75, 3.05) is 6.54 Å². The lowest BCUT2D eigenvalue weighted by Crippen LogP contribution is -2.57. The van der Waals surface area contributed by atoms with E-state index in [2.05, 4.69) is 13.8 Å². The summed E-state index contributed by atoms with van der Waals surface area (Å²) >= 11 is 0. The predicted octanol–water partition coefficient (Wildman–Crippen LogP) is 3.28. The van der Waals surface area contributed by atoms with Crippen LogP contribution in [-0.2, 0) is 19.1 Å². The molecule has 0 heterocycles. The van der Waals surface area contributed by atoms with Gasteiger partial charge in [0.25, 0.3) is 0 Å². The van der Waals surface area contributed by atoms with Crippen molar-refractivity contribution < 1.29 is 19.1 Å². The summed E-state index contributed by atoms with van der Waals surface area (Å²) in [5.41, 5.74) is 5.37. The highest BCUT2D eigenvalue weighted by atomic mass is 16.5. The maximum Gasteiger partial charge on any atom is 0.310 e.